The fraction of sp³-hybridized carbons (Fsp3) is 0.333. The van der Waals surface area contributed by atoms with Crippen LogP contribution in [0, 0.1) is 0 Å². The molecule has 1 fully saturated rings. The van der Waals surface area contributed by atoms with Crippen LogP contribution in [0.5, 0.6) is 0 Å². The maximum Gasteiger partial charge on any atom is 0.265 e. The summed E-state index contributed by atoms with van der Waals surface area (Å²) >= 11 is 1.38. The molecule has 1 heterocycles. The van der Waals surface area contributed by atoms with Gasteiger partial charge in [-0.2, -0.15) is 0 Å². The third-order valence-electron chi connectivity index (χ3n) is 4.39. The summed E-state index contributed by atoms with van der Waals surface area (Å²) in [5.41, 5.74) is 0.676. The zero-order valence-electron chi connectivity index (χ0n) is 13.2. The first-order valence-electron chi connectivity index (χ1n) is 8.00. The van der Waals surface area contributed by atoms with E-state index in [1.165, 1.54) is 11.3 Å². The Labute approximate surface area is 144 Å². The SMILES string of the molecule is O=C(NC1(CO)CCCC1)c1ccc(NC(=O)c2cccs2)cc1. The monoisotopic (exact) mass is 344 g/mol. The predicted molar refractivity (Wildman–Crippen MR) is 94.5 cm³/mol. The maximum absolute atomic E-state index is 12.4. The molecule has 1 aliphatic carbocycles. The molecule has 6 heteroatoms. The summed E-state index contributed by atoms with van der Waals surface area (Å²) < 4.78 is 0. The average molecular weight is 344 g/mol. The minimum atomic E-state index is -0.483. The number of amides is 2. The van der Waals surface area contributed by atoms with Gasteiger partial charge in [0.2, 0.25) is 0 Å². The van der Waals surface area contributed by atoms with E-state index in [4.69, 9.17) is 0 Å². The highest BCUT2D eigenvalue weighted by molar-refractivity contribution is 7.12. The number of thiophene rings is 1. The summed E-state index contributed by atoms with van der Waals surface area (Å²) in [6.45, 7) is -0.0340. The van der Waals surface area contributed by atoms with Gasteiger partial charge in [-0.15, -0.1) is 11.3 Å². The molecule has 2 aromatic rings. The number of rotatable bonds is 5. The molecular weight excluding hydrogens is 324 g/mol. The summed E-state index contributed by atoms with van der Waals surface area (Å²) in [6, 6.07) is 10.4. The number of aliphatic hydroxyl groups excluding tert-OH is 1. The number of carbonyl (C=O) groups is 2. The maximum atomic E-state index is 12.4. The van der Waals surface area contributed by atoms with Crippen molar-refractivity contribution in [3.63, 3.8) is 0 Å². The minimum Gasteiger partial charge on any atom is -0.394 e. The van der Waals surface area contributed by atoms with Gasteiger partial charge >= 0.3 is 0 Å². The lowest BCUT2D eigenvalue weighted by Gasteiger charge is -2.28. The van der Waals surface area contributed by atoms with Crippen LogP contribution in [0.2, 0.25) is 0 Å². The van der Waals surface area contributed by atoms with Gasteiger partial charge in [0, 0.05) is 11.3 Å². The van der Waals surface area contributed by atoms with Crippen LogP contribution in [0.3, 0.4) is 0 Å². The summed E-state index contributed by atoms with van der Waals surface area (Å²) in [4.78, 5) is 25.0. The lowest BCUT2D eigenvalue weighted by atomic mass is 9.98. The minimum absolute atomic E-state index is 0.0340. The molecule has 5 nitrogen and oxygen atoms in total. The van der Waals surface area contributed by atoms with Crippen molar-refractivity contribution >= 4 is 28.8 Å². The highest BCUT2D eigenvalue weighted by atomic mass is 32.1. The van der Waals surface area contributed by atoms with Crippen molar-refractivity contribution in [2.45, 2.75) is 31.2 Å². The Bertz CT molecular complexity index is 704. The van der Waals surface area contributed by atoms with Crippen LogP contribution >= 0.6 is 11.3 Å². The average Bonchev–Trinajstić information content (AvgIpc) is 3.28. The summed E-state index contributed by atoms with van der Waals surface area (Å²) in [7, 11) is 0. The first kappa shape index (κ1) is 16.7. The van der Waals surface area contributed by atoms with Crippen molar-refractivity contribution in [3.8, 4) is 0 Å². The summed E-state index contributed by atoms with van der Waals surface area (Å²) in [5, 5.41) is 17.2. The Morgan fingerprint density at radius 3 is 2.38 bits per heavy atom. The fourth-order valence-electron chi connectivity index (χ4n) is 2.99. The molecule has 0 atom stereocenters. The second kappa shape index (κ2) is 7.15. The van der Waals surface area contributed by atoms with Gasteiger partial charge in [0.25, 0.3) is 11.8 Å². The molecule has 1 saturated carbocycles. The van der Waals surface area contributed by atoms with Crippen LogP contribution in [0.1, 0.15) is 45.7 Å². The third kappa shape index (κ3) is 3.66. The molecule has 0 radical (unpaired) electrons. The quantitative estimate of drug-likeness (QED) is 0.780. The molecule has 24 heavy (non-hydrogen) atoms. The first-order chi connectivity index (χ1) is 11.6. The number of benzene rings is 1. The van der Waals surface area contributed by atoms with Gasteiger partial charge in [0.15, 0.2) is 0 Å². The molecule has 1 aliphatic rings. The van der Waals surface area contributed by atoms with Crippen molar-refractivity contribution in [2.75, 3.05) is 11.9 Å². The van der Waals surface area contributed by atoms with Crippen LogP contribution < -0.4 is 10.6 Å². The van der Waals surface area contributed by atoms with Crippen LogP contribution in [0.15, 0.2) is 41.8 Å². The summed E-state index contributed by atoms with van der Waals surface area (Å²) in [6.07, 6.45) is 3.66. The van der Waals surface area contributed by atoms with Gasteiger partial charge in [0.05, 0.1) is 17.0 Å². The second-order valence-electron chi connectivity index (χ2n) is 6.11. The Balaban J connectivity index is 1.63. The molecule has 1 aromatic carbocycles. The van der Waals surface area contributed by atoms with E-state index in [1.54, 1.807) is 30.3 Å². The van der Waals surface area contributed by atoms with Crippen molar-refractivity contribution in [3.05, 3.63) is 52.2 Å². The number of nitrogens with one attached hydrogen (secondary N) is 2. The molecular formula is C18H20N2O3S. The zero-order chi connectivity index (χ0) is 17.0. The number of hydrogen-bond donors (Lipinski definition) is 3. The van der Waals surface area contributed by atoms with Gasteiger partial charge in [-0.1, -0.05) is 18.9 Å². The molecule has 0 spiro atoms. The van der Waals surface area contributed by atoms with E-state index in [-0.39, 0.29) is 18.4 Å². The largest absolute Gasteiger partial charge is 0.394 e. The van der Waals surface area contributed by atoms with Crippen LogP contribution in [-0.2, 0) is 0 Å². The second-order valence-corrected chi connectivity index (χ2v) is 7.06. The molecule has 3 rings (SSSR count). The van der Waals surface area contributed by atoms with Gasteiger partial charge in [-0.05, 0) is 48.6 Å². The van der Waals surface area contributed by atoms with E-state index in [9.17, 15) is 14.7 Å². The van der Waals surface area contributed by atoms with Crippen molar-refractivity contribution in [1.29, 1.82) is 0 Å². The predicted octanol–water partition coefficient (Wildman–Crippen LogP) is 3.04. The van der Waals surface area contributed by atoms with E-state index in [1.807, 2.05) is 11.4 Å². The zero-order valence-corrected chi connectivity index (χ0v) is 14.1. The third-order valence-corrected chi connectivity index (χ3v) is 5.26. The molecule has 126 valence electrons. The van der Waals surface area contributed by atoms with Crippen LogP contribution in [0.4, 0.5) is 5.69 Å². The van der Waals surface area contributed by atoms with Crippen molar-refractivity contribution < 1.29 is 14.7 Å². The molecule has 1 aromatic heterocycles. The molecule has 0 aliphatic heterocycles. The number of carbonyl (C=O) groups excluding carboxylic acids is 2. The smallest absolute Gasteiger partial charge is 0.265 e. The highest BCUT2D eigenvalue weighted by Crippen LogP contribution is 2.29. The number of hydrogen-bond acceptors (Lipinski definition) is 4. The Morgan fingerprint density at radius 2 is 1.79 bits per heavy atom. The van der Waals surface area contributed by atoms with E-state index < -0.39 is 5.54 Å². The molecule has 0 bridgehead atoms. The lowest BCUT2D eigenvalue weighted by Crippen LogP contribution is -2.49. The molecule has 0 unspecified atom stereocenters. The topological polar surface area (TPSA) is 78.4 Å². The van der Waals surface area contributed by atoms with Gasteiger partial charge in [0.1, 0.15) is 0 Å². The highest BCUT2D eigenvalue weighted by Gasteiger charge is 2.34. The Hall–Kier alpha value is -2.18. The summed E-state index contributed by atoms with van der Waals surface area (Å²) in [5.74, 6) is -0.352. The Morgan fingerprint density at radius 1 is 1.08 bits per heavy atom. The van der Waals surface area contributed by atoms with Crippen molar-refractivity contribution in [1.82, 2.24) is 5.32 Å². The lowest BCUT2D eigenvalue weighted by molar-refractivity contribution is 0.0838. The van der Waals surface area contributed by atoms with E-state index in [0.717, 1.165) is 25.7 Å². The molecule has 2 amide bonds. The number of aliphatic hydroxyl groups is 1. The van der Waals surface area contributed by atoms with Crippen LogP contribution in [-0.4, -0.2) is 29.1 Å². The fourth-order valence-corrected chi connectivity index (χ4v) is 3.61. The van der Waals surface area contributed by atoms with Gasteiger partial charge in [-0.25, -0.2) is 0 Å². The van der Waals surface area contributed by atoms with E-state index >= 15 is 0 Å². The van der Waals surface area contributed by atoms with E-state index in [2.05, 4.69) is 10.6 Å². The standard InChI is InChI=1S/C18H20N2O3S/c21-12-18(9-1-2-10-18)20-16(22)13-5-7-14(8-6-13)19-17(23)15-4-3-11-24-15/h3-8,11,21H,1-2,9-10,12H2,(H,19,23)(H,20,22). The molecule has 3 N–H and O–H groups in total. The van der Waals surface area contributed by atoms with Gasteiger partial charge < -0.3 is 15.7 Å². The molecule has 0 saturated heterocycles. The van der Waals surface area contributed by atoms with E-state index in [0.29, 0.717) is 16.1 Å². The van der Waals surface area contributed by atoms with Gasteiger partial charge in [-0.3, -0.25) is 9.59 Å². The normalized spacial score (nSPS) is 15.9. The number of anilines is 1. The Kier molecular flexibility index (Phi) is 4.97. The van der Waals surface area contributed by atoms with Crippen molar-refractivity contribution in [2.24, 2.45) is 0 Å². The van der Waals surface area contributed by atoms with Crippen LogP contribution in [0.25, 0.3) is 0 Å². The first-order valence-corrected chi connectivity index (χ1v) is 8.88.